The van der Waals surface area contributed by atoms with Crippen molar-refractivity contribution in [1.82, 2.24) is 0 Å². The van der Waals surface area contributed by atoms with E-state index in [0.29, 0.717) is 0 Å². The molecular formula is C26H23O4P. The van der Waals surface area contributed by atoms with Crippen LogP contribution in [0.3, 0.4) is 0 Å². The zero-order chi connectivity index (χ0) is 21.8. The zero-order valence-corrected chi connectivity index (χ0v) is 18.3. The Labute approximate surface area is 182 Å². The fraction of sp³-hybridized carbons (Fsp3) is 0.115. The van der Waals surface area contributed by atoms with Gasteiger partial charge in [-0.15, -0.1) is 0 Å². The van der Waals surface area contributed by atoms with Crippen molar-refractivity contribution in [1.29, 1.82) is 0 Å². The van der Waals surface area contributed by atoms with Gasteiger partial charge in [0.05, 0.1) is 7.11 Å². The highest BCUT2D eigenvalue weighted by Crippen LogP contribution is 2.44. The van der Waals surface area contributed by atoms with Crippen molar-refractivity contribution >= 4 is 40.3 Å². The van der Waals surface area contributed by atoms with Crippen molar-refractivity contribution in [2.45, 2.75) is 13.0 Å². The first-order chi connectivity index (χ1) is 15.1. The normalized spacial score (nSPS) is 16.1. The fourth-order valence-corrected chi connectivity index (χ4v) is 7.72. The van der Waals surface area contributed by atoms with E-state index in [9.17, 15) is 9.59 Å². The predicted molar refractivity (Wildman–Crippen MR) is 126 cm³/mol. The minimum atomic E-state index is -2.52. The van der Waals surface area contributed by atoms with Gasteiger partial charge in [0.2, 0.25) is 0 Å². The highest BCUT2D eigenvalue weighted by molar-refractivity contribution is 7.95. The van der Waals surface area contributed by atoms with Crippen LogP contribution in [-0.2, 0) is 19.1 Å². The molecule has 0 saturated heterocycles. The van der Waals surface area contributed by atoms with Gasteiger partial charge in [-0.05, 0) is 35.5 Å². The van der Waals surface area contributed by atoms with Gasteiger partial charge < -0.3 is 9.47 Å². The Morgan fingerprint density at radius 3 is 1.65 bits per heavy atom. The van der Waals surface area contributed by atoms with Gasteiger partial charge in [0, 0.05) is 0 Å². The lowest BCUT2D eigenvalue weighted by Gasteiger charge is -2.28. The Morgan fingerprint density at radius 2 is 1.26 bits per heavy atom. The van der Waals surface area contributed by atoms with E-state index in [4.69, 9.17) is 9.47 Å². The summed E-state index contributed by atoms with van der Waals surface area (Å²) in [6, 6.07) is 29.9. The van der Waals surface area contributed by atoms with Gasteiger partial charge >= 0.3 is 5.97 Å². The predicted octanol–water partition coefficient (Wildman–Crippen LogP) is 3.20. The van der Waals surface area contributed by atoms with Crippen LogP contribution in [0, 0.1) is 0 Å². The third kappa shape index (κ3) is 3.75. The maximum absolute atomic E-state index is 13.6. The van der Waals surface area contributed by atoms with E-state index in [1.807, 2.05) is 91.0 Å². The Hall–Kier alpha value is -3.36. The summed E-state index contributed by atoms with van der Waals surface area (Å²) >= 11 is 0. The van der Waals surface area contributed by atoms with Crippen molar-refractivity contribution in [3.05, 3.63) is 102 Å². The van der Waals surface area contributed by atoms with E-state index in [0.717, 1.165) is 15.9 Å². The van der Waals surface area contributed by atoms with Crippen LogP contribution in [0.25, 0.3) is 0 Å². The van der Waals surface area contributed by atoms with Gasteiger partial charge in [-0.1, -0.05) is 91.0 Å². The summed E-state index contributed by atoms with van der Waals surface area (Å²) in [5, 5.41) is 3.08. The van der Waals surface area contributed by atoms with E-state index in [-0.39, 0.29) is 17.1 Å². The second-order valence-electron chi connectivity index (χ2n) is 7.21. The van der Waals surface area contributed by atoms with Gasteiger partial charge in [-0.25, -0.2) is 4.79 Å². The summed E-state index contributed by atoms with van der Waals surface area (Å²) in [5.74, 6) is 0.980. The molecule has 5 heteroatoms. The minimum Gasteiger partial charge on any atom is -0.496 e. The van der Waals surface area contributed by atoms with Gasteiger partial charge in [-0.3, -0.25) is 4.79 Å². The molecule has 0 aliphatic carbocycles. The number of Topliss-reactive ketones (excluding diaryl/α,β-unsaturated/α-hetero) is 1. The number of rotatable bonds is 6. The lowest BCUT2D eigenvalue weighted by Crippen LogP contribution is -2.29. The molecule has 31 heavy (non-hydrogen) atoms. The molecule has 0 amide bonds. The molecule has 4 rings (SSSR count). The third-order valence-electron chi connectivity index (χ3n) is 5.37. The first-order valence-electron chi connectivity index (χ1n) is 10.0. The van der Waals surface area contributed by atoms with Crippen LogP contribution in [0.1, 0.15) is 6.92 Å². The Kier molecular flexibility index (Phi) is 5.92. The van der Waals surface area contributed by atoms with Crippen molar-refractivity contribution in [2.24, 2.45) is 0 Å². The first kappa shape index (κ1) is 20.9. The topological polar surface area (TPSA) is 52.6 Å². The number of hydrogen-bond acceptors (Lipinski definition) is 4. The number of carbonyl (C=O) groups excluding carboxylic acids is 2. The van der Waals surface area contributed by atoms with Gasteiger partial charge in [-0.2, -0.15) is 0 Å². The number of ketones is 1. The summed E-state index contributed by atoms with van der Waals surface area (Å²) in [7, 11) is 1.45. The number of esters is 1. The molecule has 1 aliphatic rings. The van der Waals surface area contributed by atoms with E-state index >= 15 is 0 Å². The number of methoxy groups -OCH3 is 1. The molecule has 0 saturated carbocycles. The molecule has 0 radical (unpaired) electrons. The molecular weight excluding hydrogens is 407 g/mol. The largest absolute Gasteiger partial charge is 0.496 e. The van der Waals surface area contributed by atoms with Crippen LogP contribution in [0.4, 0.5) is 0 Å². The quantitative estimate of drug-likeness (QED) is 0.342. The fourth-order valence-electron chi connectivity index (χ4n) is 3.97. The molecule has 0 N–H and O–H groups in total. The molecule has 0 bridgehead atoms. The van der Waals surface area contributed by atoms with Crippen molar-refractivity contribution in [3.8, 4) is 0 Å². The summed E-state index contributed by atoms with van der Waals surface area (Å²) in [6.45, 7) is -0.818. The van der Waals surface area contributed by atoms with E-state index in [1.165, 1.54) is 7.11 Å². The van der Waals surface area contributed by atoms with Crippen molar-refractivity contribution < 1.29 is 19.1 Å². The number of hydrogen-bond donors (Lipinski definition) is 0. The standard InChI is InChI=1S/C26H23O4P/c1-19-25(29-2)24(26(28)30-19)23(27)18-31(20-12-6-3-7-13-20,21-14-8-4-9-15-21)22-16-10-5-11-17-22/h3-19H,1-2H3/t19-/m0/s1. The van der Waals surface area contributed by atoms with Gasteiger partial charge in [0.1, 0.15) is 5.57 Å². The van der Waals surface area contributed by atoms with Crippen LogP contribution in [0.5, 0.6) is 0 Å². The molecule has 3 aromatic rings. The molecule has 4 nitrogen and oxygen atoms in total. The highest BCUT2D eigenvalue weighted by atomic mass is 31.2. The SMILES string of the molecule is COC1=C(C(=O)C=P(c2ccccc2)(c2ccccc2)c2ccccc2)C(=O)O[C@H]1C. The number of cyclic esters (lactones) is 1. The molecule has 1 atom stereocenters. The monoisotopic (exact) mass is 430 g/mol. The van der Waals surface area contributed by atoms with Gasteiger partial charge in [0.25, 0.3) is 0 Å². The average molecular weight is 430 g/mol. The summed E-state index contributed by atoms with van der Waals surface area (Å²) in [5.41, 5.74) is -0.0258. The molecule has 1 aliphatic heterocycles. The average Bonchev–Trinajstić information content (AvgIpc) is 3.12. The summed E-state index contributed by atoms with van der Waals surface area (Å²) in [6.07, 6.45) is -0.581. The second-order valence-corrected chi connectivity index (χ2v) is 10.5. The number of ether oxygens (including phenoxy) is 2. The molecule has 156 valence electrons. The Bertz CT molecular complexity index is 1080. The van der Waals surface area contributed by atoms with Crippen LogP contribution in [0.2, 0.25) is 0 Å². The molecule has 1 heterocycles. The maximum atomic E-state index is 13.6. The number of benzene rings is 3. The molecule has 0 fully saturated rings. The Balaban J connectivity index is 2.07. The number of carbonyl (C=O) groups is 2. The van der Waals surface area contributed by atoms with Crippen LogP contribution >= 0.6 is 6.89 Å². The Morgan fingerprint density at radius 1 is 0.839 bits per heavy atom. The second kappa shape index (κ2) is 8.79. The van der Waals surface area contributed by atoms with E-state index in [1.54, 1.807) is 12.7 Å². The van der Waals surface area contributed by atoms with Crippen molar-refractivity contribution in [3.63, 3.8) is 0 Å². The van der Waals surface area contributed by atoms with Crippen molar-refractivity contribution in [2.75, 3.05) is 7.11 Å². The first-order valence-corrected chi connectivity index (χ1v) is 11.9. The van der Waals surface area contributed by atoms with E-state index < -0.39 is 19.0 Å². The lowest BCUT2D eigenvalue weighted by molar-refractivity contribution is -0.140. The van der Waals surface area contributed by atoms with E-state index in [2.05, 4.69) is 0 Å². The molecule has 3 aromatic carbocycles. The minimum absolute atomic E-state index is 0.0258. The smallest absolute Gasteiger partial charge is 0.346 e. The lowest BCUT2D eigenvalue weighted by atomic mass is 10.1. The van der Waals surface area contributed by atoms with Crippen LogP contribution in [0.15, 0.2) is 102 Å². The molecule has 0 unspecified atom stereocenters. The summed E-state index contributed by atoms with van der Waals surface area (Å²) in [4.78, 5) is 26.1. The molecule has 0 spiro atoms. The van der Waals surface area contributed by atoms with Crippen LogP contribution < -0.4 is 15.9 Å². The van der Waals surface area contributed by atoms with Crippen LogP contribution in [-0.4, -0.2) is 30.8 Å². The van der Waals surface area contributed by atoms with Gasteiger partial charge in [0.15, 0.2) is 17.6 Å². The third-order valence-corrected chi connectivity index (χ3v) is 9.33. The highest BCUT2D eigenvalue weighted by Gasteiger charge is 2.38. The molecule has 0 aromatic heterocycles. The zero-order valence-electron chi connectivity index (χ0n) is 17.4. The maximum Gasteiger partial charge on any atom is 0.346 e. The summed E-state index contributed by atoms with van der Waals surface area (Å²) < 4.78 is 10.6.